The summed E-state index contributed by atoms with van der Waals surface area (Å²) < 4.78 is 19.3. The summed E-state index contributed by atoms with van der Waals surface area (Å²) in [7, 11) is 0. The van der Waals surface area contributed by atoms with E-state index in [9.17, 15) is 0 Å². The Morgan fingerprint density at radius 3 is 2.85 bits per heavy atom. The van der Waals surface area contributed by atoms with Crippen LogP contribution in [0.25, 0.3) is 0 Å². The molecule has 0 aliphatic carbocycles. The highest BCUT2D eigenvalue weighted by molar-refractivity contribution is 4.66. The Balaban J connectivity index is 2.05. The Kier molecular flexibility index (Phi) is 2.58. The molecule has 2 rings (SSSR count). The molecule has 13 heavy (non-hydrogen) atoms. The first kappa shape index (κ1) is 8.68. The van der Waals surface area contributed by atoms with Gasteiger partial charge in [0.05, 0.1) is 6.54 Å². The van der Waals surface area contributed by atoms with E-state index in [0.717, 1.165) is 6.54 Å². The van der Waals surface area contributed by atoms with Gasteiger partial charge in [0.2, 0.25) is 6.33 Å². The Labute approximate surface area is 76.4 Å². The molecule has 5 nitrogen and oxygen atoms in total. The van der Waals surface area contributed by atoms with Crippen LogP contribution in [0.15, 0.2) is 18.7 Å². The molecule has 0 N–H and O–H groups in total. The maximum atomic E-state index is 5.23. The zero-order chi connectivity index (χ0) is 9.10. The van der Waals surface area contributed by atoms with Gasteiger partial charge in [-0.05, 0) is 6.92 Å². The van der Waals surface area contributed by atoms with Crippen LogP contribution in [0.4, 0.5) is 0 Å². The summed E-state index contributed by atoms with van der Waals surface area (Å²) in [4.78, 5) is 0. The van der Waals surface area contributed by atoms with Gasteiger partial charge in [-0.1, -0.05) is 0 Å². The lowest BCUT2D eigenvalue weighted by Crippen LogP contribution is -2.30. The van der Waals surface area contributed by atoms with Gasteiger partial charge in [-0.3, -0.25) is 9.47 Å². The van der Waals surface area contributed by atoms with Crippen molar-refractivity contribution in [3.05, 3.63) is 18.7 Å². The Bertz CT molecular complexity index is 268. The quantitative estimate of drug-likeness (QED) is 0.619. The normalized spacial score (nSPS) is 19.2. The van der Waals surface area contributed by atoms with Gasteiger partial charge in [0.15, 0.2) is 13.6 Å². The minimum atomic E-state index is -0.346. The van der Waals surface area contributed by atoms with Gasteiger partial charge in [-0.15, -0.1) is 0 Å². The highest BCUT2D eigenvalue weighted by Gasteiger charge is 2.21. The molecule has 0 unspecified atom stereocenters. The topological polar surface area (TPSA) is 36.5 Å². The van der Waals surface area contributed by atoms with Crippen molar-refractivity contribution in [2.45, 2.75) is 19.9 Å². The first-order valence-corrected chi connectivity index (χ1v) is 4.27. The van der Waals surface area contributed by atoms with Gasteiger partial charge in [0, 0.05) is 0 Å². The lowest BCUT2D eigenvalue weighted by Gasteiger charge is -2.19. The number of ether oxygens (including phenoxy) is 3. The van der Waals surface area contributed by atoms with Crippen LogP contribution in [0.1, 0.15) is 13.3 Å². The van der Waals surface area contributed by atoms with E-state index in [1.54, 1.807) is 0 Å². The molecule has 0 aromatic carbocycles. The number of imidazole rings is 1. The average molecular weight is 185 g/mol. The highest BCUT2D eigenvalue weighted by Crippen LogP contribution is 2.12. The predicted molar refractivity (Wildman–Crippen MR) is 42.3 cm³/mol. The molecule has 2 heterocycles. The monoisotopic (exact) mass is 185 g/mol. The molecule has 0 bridgehead atoms. The van der Waals surface area contributed by atoms with Crippen molar-refractivity contribution in [1.82, 2.24) is 4.57 Å². The van der Waals surface area contributed by atoms with Crippen LogP contribution in [0, 0.1) is 0 Å². The maximum Gasteiger partial charge on any atom is 0.320 e. The summed E-state index contributed by atoms with van der Waals surface area (Å²) in [6, 6.07) is 0. The summed E-state index contributed by atoms with van der Waals surface area (Å²) in [6.07, 6.45) is 5.49. The summed E-state index contributed by atoms with van der Waals surface area (Å²) in [5.74, 6) is 0. The Morgan fingerprint density at radius 2 is 2.23 bits per heavy atom. The number of rotatable bonds is 2. The third kappa shape index (κ3) is 1.88. The third-order valence-electron chi connectivity index (χ3n) is 1.91. The van der Waals surface area contributed by atoms with Crippen molar-refractivity contribution in [2.75, 3.05) is 13.6 Å². The number of aromatic nitrogens is 2. The lowest BCUT2D eigenvalue weighted by atomic mass is 10.7. The van der Waals surface area contributed by atoms with E-state index >= 15 is 0 Å². The van der Waals surface area contributed by atoms with Crippen LogP contribution in [0.3, 0.4) is 0 Å². The van der Waals surface area contributed by atoms with Crippen molar-refractivity contribution in [1.29, 1.82) is 0 Å². The smallest absolute Gasteiger partial charge is 0.320 e. The zero-order valence-corrected chi connectivity index (χ0v) is 7.55. The fraction of sp³-hybridized carbons (Fsp3) is 0.625. The molecule has 0 amide bonds. The van der Waals surface area contributed by atoms with Crippen molar-refractivity contribution in [3.8, 4) is 0 Å². The van der Waals surface area contributed by atoms with Gasteiger partial charge in [-0.2, -0.15) is 4.57 Å². The number of aryl methyl sites for hydroxylation is 1. The van der Waals surface area contributed by atoms with E-state index in [-0.39, 0.29) is 20.0 Å². The van der Waals surface area contributed by atoms with E-state index in [4.69, 9.17) is 14.2 Å². The lowest BCUT2D eigenvalue weighted by molar-refractivity contribution is -0.693. The number of hydrogen-bond donors (Lipinski definition) is 0. The van der Waals surface area contributed by atoms with E-state index in [1.165, 1.54) is 0 Å². The molecule has 1 aromatic heterocycles. The molecule has 0 atom stereocenters. The molecule has 72 valence electrons. The average Bonchev–Trinajstić information content (AvgIpc) is 2.67. The second-order valence-electron chi connectivity index (χ2n) is 2.77. The molecular formula is C8H13N2O3+. The van der Waals surface area contributed by atoms with E-state index in [2.05, 4.69) is 6.92 Å². The predicted octanol–water partition coefficient (Wildman–Crippen LogP) is 0.230. The summed E-state index contributed by atoms with van der Waals surface area (Å²) >= 11 is 0. The fourth-order valence-electron chi connectivity index (χ4n) is 1.19. The molecular weight excluding hydrogens is 172 g/mol. The minimum Gasteiger partial charge on any atom is -0.329 e. The second-order valence-corrected chi connectivity index (χ2v) is 2.77. The summed E-state index contributed by atoms with van der Waals surface area (Å²) in [5, 5.41) is 0. The first-order valence-electron chi connectivity index (χ1n) is 4.27. The Morgan fingerprint density at radius 1 is 1.46 bits per heavy atom. The number of nitrogens with zero attached hydrogens (tertiary/aromatic N) is 2. The largest absolute Gasteiger partial charge is 0.329 e. The first-order chi connectivity index (χ1) is 6.40. The van der Waals surface area contributed by atoms with Crippen LogP contribution in [0.2, 0.25) is 0 Å². The van der Waals surface area contributed by atoms with E-state index in [1.807, 2.05) is 27.9 Å². The summed E-state index contributed by atoms with van der Waals surface area (Å²) in [5.41, 5.74) is 0. The van der Waals surface area contributed by atoms with E-state index < -0.39 is 0 Å². The van der Waals surface area contributed by atoms with Gasteiger partial charge in [0.25, 0.3) is 0 Å². The van der Waals surface area contributed by atoms with Crippen molar-refractivity contribution in [3.63, 3.8) is 0 Å². The fourth-order valence-corrected chi connectivity index (χ4v) is 1.19. The van der Waals surface area contributed by atoms with Crippen molar-refractivity contribution >= 4 is 0 Å². The molecule has 0 spiro atoms. The number of hydrogen-bond acceptors (Lipinski definition) is 3. The SMILES string of the molecule is CC[n+]1ccn(C2OCOCO2)c1. The molecule has 5 heteroatoms. The van der Waals surface area contributed by atoms with Crippen LogP contribution >= 0.6 is 0 Å². The molecule has 1 aromatic rings. The van der Waals surface area contributed by atoms with Crippen LogP contribution < -0.4 is 4.57 Å². The maximum absolute atomic E-state index is 5.23. The highest BCUT2D eigenvalue weighted by atomic mass is 16.9. The van der Waals surface area contributed by atoms with Crippen LogP contribution in [-0.4, -0.2) is 18.2 Å². The van der Waals surface area contributed by atoms with Crippen molar-refractivity contribution in [2.24, 2.45) is 0 Å². The Hall–Kier alpha value is -0.910. The molecule has 1 aliphatic rings. The van der Waals surface area contributed by atoms with Gasteiger partial charge >= 0.3 is 6.41 Å². The molecule has 1 fully saturated rings. The molecule has 0 radical (unpaired) electrons. The van der Waals surface area contributed by atoms with Crippen molar-refractivity contribution < 1.29 is 18.8 Å². The molecule has 0 saturated carbocycles. The second kappa shape index (κ2) is 3.87. The van der Waals surface area contributed by atoms with Gasteiger partial charge in [0.1, 0.15) is 12.4 Å². The minimum absolute atomic E-state index is 0.287. The van der Waals surface area contributed by atoms with Gasteiger partial charge in [-0.25, -0.2) is 4.57 Å². The standard InChI is InChI=1S/C8H13N2O3/c1-2-9-3-4-10(5-9)8-12-6-11-7-13-8/h3-5,8H,2,6-7H2,1H3/q+1. The molecule has 1 aliphatic heterocycles. The summed E-state index contributed by atoms with van der Waals surface area (Å²) in [6.45, 7) is 3.59. The molecule has 1 saturated heterocycles. The van der Waals surface area contributed by atoms with Gasteiger partial charge < -0.3 is 4.74 Å². The van der Waals surface area contributed by atoms with Crippen LogP contribution in [0.5, 0.6) is 0 Å². The third-order valence-corrected chi connectivity index (χ3v) is 1.91. The zero-order valence-electron chi connectivity index (χ0n) is 7.55. The van der Waals surface area contributed by atoms with Crippen LogP contribution in [-0.2, 0) is 20.8 Å². The van der Waals surface area contributed by atoms with E-state index in [0.29, 0.717) is 0 Å².